The number of nitrogens with zero attached hydrogens (tertiary/aromatic N) is 1. The van der Waals surface area contributed by atoms with E-state index in [1.807, 2.05) is 0 Å². The molecule has 0 radical (unpaired) electrons. The summed E-state index contributed by atoms with van der Waals surface area (Å²) in [7, 11) is -2.18. The molecule has 0 atom stereocenters. The number of rotatable bonds is 8. The quantitative estimate of drug-likeness (QED) is 0.550. The third kappa shape index (κ3) is 5.70. The molecule has 1 amide bonds. The molecule has 0 unspecified atom stereocenters. The lowest BCUT2D eigenvalue weighted by molar-refractivity contribution is -0.116. The first-order valence-corrected chi connectivity index (χ1v) is 13.2. The molecule has 0 saturated heterocycles. The van der Waals surface area contributed by atoms with Crippen molar-refractivity contribution in [2.24, 2.45) is 0 Å². The molecule has 174 valence electrons. The molecule has 0 fully saturated rings. The fourth-order valence-corrected chi connectivity index (χ4v) is 6.36. The topological polar surface area (TPSA) is 92.8 Å². The van der Waals surface area contributed by atoms with Crippen molar-refractivity contribution < 1.29 is 22.7 Å². The Hall–Kier alpha value is -1.94. The van der Waals surface area contributed by atoms with Crippen LogP contribution >= 0.6 is 22.9 Å². The van der Waals surface area contributed by atoms with Crippen LogP contribution in [0.4, 0.5) is 5.00 Å². The number of hydrogen-bond donors (Lipinski definition) is 1. The lowest BCUT2D eigenvalue weighted by atomic mass is 10.0. The highest BCUT2D eigenvalue weighted by molar-refractivity contribution is 7.91. The fraction of sp³-hybridized carbons (Fsp3) is 0.455. The Morgan fingerprint density at radius 1 is 1.25 bits per heavy atom. The van der Waals surface area contributed by atoms with Crippen LogP contribution in [0.1, 0.15) is 47.5 Å². The van der Waals surface area contributed by atoms with Gasteiger partial charge in [0.15, 0.2) is 9.84 Å². The zero-order valence-corrected chi connectivity index (χ0v) is 20.7. The summed E-state index contributed by atoms with van der Waals surface area (Å²) in [5, 5.41) is 3.74. The molecule has 7 nitrogen and oxygen atoms in total. The number of esters is 1. The molecule has 0 saturated carbocycles. The summed E-state index contributed by atoms with van der Waals surface area (Å²) < 4.78 is 29.8. The van der Waals surface area contributed by atoms with Gasteiger partial charge in [-0.15, -0.1) is 11.3 Å². The first kappa shape index (κ1) is 24.7. The van der Waals surface area contributed by atoms with Crippen molar-refractivity contribution in [2.75, 3.05) is 24.7 Å². The van der Waals surface area contributed by atoms with Crippen LogP contribution in [0.15, 0.2) is 29.2 Å². The predicted octanol–water partition coefficient (Wildman–Crippen LogP) is 4.15. The number of methoxy groups -OCH3 is 1. The highest BCUT2D eigenvalue weighted by Gasteiger charge is 2.30. The number of halogens is 1. The molecular formula is C22H27ClN2O5S2. The van der Waals surface area contributed by atoms with Crippen molar-refractivity contribution in [3.05, 3.63) is 45.3 Å². The smallest absolute Gasteiger partial charge is 0.341 e. The summed E-state index contributed by atoms with van der Waals surface area (Å²) in [4.78, 5) is 28.5. The molecular weight excluding hydrogens is 472 g/mol. The normalized spacial score (nSPS) is 14.3. The van der Waals surface area contributed by atoms with Crippen LogP contribution in [0.2, 0.25) is 5.02 Å². The van der Waals surface area contributed by atoms with E-state index in [0.717, 1.165) is 23.5 Å². The molecule has 0 bridgehead atoms. The Morgan fingerprint density at radius 2 is 1.94 bits per heavy atom. The number of sulfone groups is 1. The van der Waals surface area contributed by atoms with Gasteiger partial charge < -0.3 is 10.1 Å². The van der Waals surface area contributed by atoms with E-state index in [2.05, 4.69) is 24.1 Å². The van der Waals surface area contributed by atoms with Gasteiger partial charge in [-0.3, -0.25) is 9.69 Å². The summed E-state index contributed by atoms with van der Waals surface area (Å²) in [5.41, 5.74) is 1.34. The van der Waals surface area contributed by atoms with E-state index in [1.165, 1.54) is 42.7 Å². The van der Waals surface area contributed by atoms with Crippen LogP contribution in [0.3, 0.4) is 0 Å². The number of ether oxygens (including phenoxy) is 1. The Bertz CT molecular complexity index is 1090. The summed E-state index contributed by atoms with van der Waals surface area (Å²) in [6.45, 7) is 5.80. The molecule has 1 aromatic carbocycles. The van der Waals surface area contributed by atoms with Crippen molar-refractivity contribution in [1.29, 1.82) is 0 Å². The molecule has 1 aliphatic heterocycles. The van der Waals surface area contributed by atoms with Crippen LogP contribution in [0, 0.1) is 0 Å². The van der Waals surface area contributed by atoms with Crippen LogP contribution in [0.5, 0.6) is 0 Å². The van der Waals surface area contributed by atoms with E-state index < -0.39 is 15.8 Å². The lowest BCUT2D eigenvalue weighted by Gasteiger charge is -2.30. The minimum atomic E-state index is -3.50. The number of benzene rings is 1. The SMILES string of the molecule is COC(=O)c1c(NC(=O)CCCS(=O)(=O)c2ccc(Cl)cc2)sc2c1CCN(C(C)C)C2. The van der Waals surface area contributed by atoms with E-state index in [-0.39, 0.29) is 29.4 Å². The van der Waals surface area contributed by atoms with Gasteiger partial charge in [0.2, 0.25) is 5.91 Å². The van der Waals surface area contributed by atoms with Gasteiger partial charge in [0.25, 0.3) is 0 Å². The maximum Gasteiger partial charge on any atom is 0.341 e. The molecule has 3 rings (SSSR count). The number of anilines is 1. The number of fused-ring (bicyclic) bond motifs is 1. The summed E-state index contributed by atoms with van der Waals surface area (Å²) in [5.74, 6) is -0.960. The van der Waals surface area contributed by atoms with Crippen molar-refractivity contribution in [3.63, 3.8) is 0 Å². The molecule has 0 aliphatic carbocycles. The van der Waals surface area contributed by atoms with Crippen molar-refractivity contribution in [3.8, 4) is 0 Å². The minimum absolute atomic E-state index is 0.0219. The second-order valence-corrected chi connectivity index (χ2v) is 11.6. The zero-order chi connectivity index (χ0) is 23.5. The van der Waals surface area contributed by atoms with Gasteiger partial charge in [-0.1, -0.05) is 11.6 Å². The maximum absolute atomic E-state index is 12.5. The highest BCUT2D eigenvalue weighted by atomic mass is 35.5. The summed E-state index contributed by atoms with van der Waals surface area (Å²) in [6, 6.07) is 6.34. The van der Waals surface area contributed by atoms with Gasteiger partial charge in [-0.25, -0.2) is 13.2 Å². The molecule has 32 heavy (non-hydrogen) atoms. The second-order valence-electron chi connectivity index (χ2n) is 7.94. The van der Waals surface area contributed by atoms with Crippen LogP contribution in [-0.4, -0.2) is 50.6 Å². The average molecular weight is 499 g/mol. The van der Waals surface area contributed by atoms with Crippen LogP contribution < -0.4 is 5.32 Å². The molecule has 10 heteroatoms. The third-order valence-electron chi connectivity index (χ3n) is 5.45. The largest absolute Gasteiger partial charge is 0.465 e. The first-order chi connectivity index (χ1) is 15.1. The number of carbonyl (C=O) groups is 2. The first-order valence-electron chi connectivity index (χ1n) is 10.4. The minimum Gasteiger partial charge on any atom is -0.465 e. The van der Waals surface area contributed by atoms with Gasteiger partial charge in [-0.05, 0) is 56.5 Å². The Balaban J connectivity index is 1.67. The van der Waals surface area contributed by atoms with Gasteiger partial charge in [0, 0.05) is 35.5 Å². The average Bonchev–Trinajstić information content (AvgIpc) is 3.10. The predicted molar refractivity (Wildman–Crippen MR) is 126 cm³/mol. The van der Waals surface area contributed by atoms with Crippen molar-refractivity contribution in [1.82, 2.24) is 4.90 Å². The van der Waals surface area contributed by atoms with Crippen LogP contribution in [0.25, 0.3) is 0 Å². The summed E-state index contributed by atoms with van der Waals surface area (Å²) >= 11 is 7.20. The highest BCUT2D eigenvalue weighted by Crippen LogP contribution is 2.38. The number of amides is 1. The van der Waals surface area contributed by atoms with E-state index in [4.69, 9.17) is 16.3 Å². The summed E-state index contributed by atoms with van der Waals surface area (Å²) in [6.07, 6.45) is 0.897. The molecule has 2 heterocycles. The van der Waals surface area contributed by atoms with E-state index >= 15 is 0 Å². The van der Waals surface area contributed by atoms with E-state index in [0.29, 0.717) is 28.0 Å². The van der Waals surface area contributed by atoms with Crippen LogP contribution in [-0.2, 0) is 32.3 Å². The molecule has 1 aliphatic rings. The Morgan fingerprint density at radius 3 is 2.56 bits per heavy atom. The number of nitrogens with one attached hydrogen (secondary N) is 1. The molecule has 0 spiro atoms. The third-order valence-corrected chi connectivity index (χ3v) is 8.65. The van der Waals surface area contributed by atoms with Crippen molar-refractivity contribution in [2.45, 2.75) is 50.6 Å². The fourth-order valence-electron chi connectivity index (χ4n) is 3.64. The molecule has 1 N–H and O–H groups in total. The number of carbonyl (C=O) groups excluding carboxylic acids is 2. The monoisotopic (exact) mass is 498 g/mol. The van der Waals surface area contributed by atoms with E-state index in [9.17, 15) is 18.0 Å². The van der Waals surface area contributed by atoms with Crippen molar-refractivity contribution >= 4 is 49.7 Å². The second kappa shape index (κ2) is 10.3. The van der Waals surface area contributed by atoms with Gasteiger partial charge in [-0.2, -0.15) is 0 Å². The van der Waals surface area contributed by atoms with E-state index in [1.54, 1.807) is 0 Å². The van der Waals surface area contributed by atoms with Gasteiger partial charge >= 0.3 is 5.97 Å². The zero-order valence-electron chi connectivity index (χ0n) is 18.3. The maximum atomic E-state index is 12.5. The molecule has 1 aromatic heterocycles. The number of thiophene rings is 1. The Kier molecular flexibility index (Phi) is 7.97. The standard InChI is InChI=1S/C22H27ClN2O5S2/c1-14(2)25-11-10-17-18(13-25)31-21(20(17)22(27)30-3)24-19(26)5-4-12-32(28,29)16-8-6-15(23)7-9-16/h6-9,14H,4-5,10-13H2,1-3H3,(H,24,26). The number of hydrogen-bond acceptors (Lipinski definition) is 7. The van der Waals surface area contributed by atoms with Gasteiger partial charge in [0.05, 0.1) is 23.3 Å². The van der Waals surface area contributed by atoms with Gasteiger partial charge in [0.1, 0.15) is 5.00 Å². The Labute approximate surface area is 197 Å². The molecule has 2 aromatic rings. The lowest BCUT2D eigenvalue weighted by Crippen LogP contribution is -2.35.